The number of methoxy groups -OCH3 is 2. The van der Waals surface area contributed by atoms with Crippen LogP contribution in [0, 0.1) is 17.2 Å². The van der Waals surface area contributed by atoms with Crippen LogP contribution in [-0.4, -0.2) is 38.0 Å². The zero-order valence-corrected chi connectivity index (χ0v) is 14.5. The van der Waals surface area contributed by atoms with E-state index in [1.165, 1.54) is 4.90 Å². The van der Waals surface area contributed by atoms with Crippen LogP contribution in [-0.2, 0) is 0 Å². The molecule has 130 valence electrons. The number of hydrogen-bond acceptors (Lipinski definition) is 4. The number of nitriles is 1. The molecule has 2 fully saturated rings. The van der Waals surface area contributed by atoms with Crippen molar-refractivity contribution in [3.05, 3.63) is 23.8 Å². The van der Waals surface area contributed by atoms with E-state index in [0.29, 0.717) is 6.54 Å². The van der Waals surface area contributed by atoms with Crippen molar-refractivity contribution in [2.75, 3.05) is 27.3 Å². The van der Waals surface area contributed by atoms with Crippen molar-refractivity contribution in [1.82, 2.24) is 0 Å². The first-order valence-corrected chi connectivity index (χ1v) is 8.79. The van der Waals surface area contributed by atoms with E-state index < -0.39 is 5.60 Å². The highest BCUT2D eigenvalue weighted by molar-refractivity contribution is 5.42. The summed E-state index contributed by atoms with van der Waals surface area (Å²) in [5, 5.41) is 20.5. The molecule has 1 aromatic carbocycles. The Balaban J connectivity index is 2.04. The van der Waals surface area contributed by atoms with E-state index in [-0.39, 0.29) is 12.0 Å². The van der Waals surface area contributed by atoms with Gasteiger partial charge in [0.15, 0.2) is 6.54 Å². The first kappa shape index (κ1) is 17.1. The second-order valence-corrected chi connectivity index (χ2v) is 7.03. The fourth-order valence-corrected chi connectivity index (χ4v) is 4.67. The summed E-state index contributed by atoms with van der Waals surface area (Å²) in [6.45, 7) is 1.27. The average molecular weight is 331 g/mol. The minimum Gasteiger partial charge on any atom is -0.497 e. The molecule has 0 aromatic heterocycles. The Morgan fingerprint density at radius 1 is 1.29 bits per heavy atom. The number of rotatable bonds is 4. The van der Waals surface area contributed by atoms with Crippen molar-refractivity contribution in [2.45, 2.75) is 43.7 Å². The monoisotopic (exact) mass is 331 g/mol. The molecule has 0 amide bonds. The zero-order chi connectivity index (χ0) is 17.2. The highest BCUT2D eigenvalue weighted by atomic mass is 16.5. The van der Waals surface area contributed by atoms with Crippen LogP contribution in [0.1, 0.15) is 43.7 Å². The van der Waals surface area contributed by atoms with E-state index in [2.05, 4.69) is 6.07 Å². The van der Waals surface area contributed by atoms with Crippen molar-refractivity contribution in [3.8, 4) is 17.6 Å². The number of piperidine rings is 1. The normalized spacial score (nSPS) is 32.5. The van der Waals surface area contributed by atoms with Crippen molar-refractivity contribution in [3.63, 3.8) is 0 Å². The SMILES string of the molecule is COc1ccc([C@@H]2[C@@H]3CCCC[C@@]3(O)CC[NH+]2CC#N)c(OC)c1. The third-order valence-corrected chi connectivity index (χ3v) is 5.87. The standard InChI is InChI=1S/C19H26N2O3/c1-23-14-6-7-15(17(13-14)24-2)18-16-5-3-4-8-19(16,22)9-11-21(18)12-10-20/h6-7,13,16,18,22H,3-5,8-9,11-12H2,1-2H3/p+1/t16-,18+,19+/m0/s1. The molecule has 1 aliphatic heterocycles. The molecule has 1 unspecified atom stereocenters. The van der Waals surface area contributed by atoms with E-state index in [9.17, 15) is 10.4 Å². The number of nitrogens with one attached hydrogen (secondary N) is 1. The number of aliphatic hydroxyl groups is 1. The van der Waals surface area contributed by atoms with Crippen LogP contribution >= 0.6 is 0 Å². The van der Waals surface area contributed by atoms with Gasteiger partial charge in [0.1, 0.15) is 23.6 Å². The van der Waals surface area contributed by atoms with Gasteiger partial charge in [-0.05, 0) is 25.0 Å². The molecule has 2 N–H and O–H groups in total. The molecule has 1 aliphatic carbocycles. The molecule has 3 rings (SSSR count). The maximum absolute atomic E-state index is 11.2. The fourth-order valence-electron chi connectivity index (χ4n) is 4.67. The van der Waals surface area contributed by atoms with Gasteiger partial charge in [-0.25, -0.2) is 0 Å². The average Bonchev–Trinajstić information content (AvgIpc) is 2.61. The summed E-state index contributed by atoms with van der Waals surface area (Å²) in [4.78, 5) is 1.23. The number of ether oxygens (including phenoxy) is 2. The molecule has 1 aromatic rings. The van der Waals surface area contributed by atoms with Gasteiger partial charge in [0.2, 0.25) is 0 Å². The third kappa shape index (κ3) is 2.97. The second-order valence-electron chi connectivity index (χ2n) is 7.03. The lowest BCUT2D eigenvalue weighted by molar-refractivity contribution is -0.938. The van der Waals surface area contributed by atoms with Crippen LogP contribution in [0.25, 0.3) is 0 Å². The topological polar surface area (TPSA) is 66.9 Å². The molecule has 2 aliphatic rings. The maximum Gasteiger partial charge on any atom is 0.165 e. The van der Waals surface area contributed by atoms with Crippen molar-refractivity contribution < 1.29 is 19.5 Å². The van der Waals surface area contributed by atoms with Gasteiger partial charge in [-0.15, -0.1) is 0 Å². The Labute approximate surface area is 143 Å². The van der Waals surface area contributed by atoms with Crippen LogP contribution in [0.2, 0.25) is 0 Å². The molecule has 24 heavy (non-hydrogen) atoms. The highest BCUT2D eigenvalue weighted by Gasteiger charge is 2.52. The quantitative estimate of drug-likeness (QED) is 0.820. The van der Waals surface area contributed by atoms with Crippen molar-refractivity contribution in [2.24, 2.45) is 5.92 Å². The number of fused-ring (bicyclic) bond motifs is 1. The van der Waals surface area contributed by atoms with E-state index >= 15 is 0 Å². The largest absolute Gasteiger partial charge is 0.497 e. The van der Waals surface area contributed by atoms with E-state index in [1.807, 2.05) is 18.2 Å². The fraction of sp³-hybridized carbons (Fsp3) is 0.632. The van der Waals surface area contributed by atoms with Crippen LogP contribution < -0.4 is 14.4 Å². The maximum atomic E-state index is 11.2. The molecule has 4 atom stereocenters. The molecule has 0 spiro atoms. The number of nitrogens with zero attached hydrogens (tertiary/aromatic N) is 1. The lowest BCUT2D eigenvalue weighted by Gasteiger charge is -2.49. The summed E-state index contributed by atoms with van der Waals surface area (Å²) in [7, 11) is 3.31. The third-order valence-electron chi connectivity index (χ3n) is 5.87. The highest BCUT2D eigenvalue weighted by Crippen LogP contribution is 2.46. The predicted molar refractivity (Wildman–Crippen MR) is 90.1 cm³/mol. The molecule has 1 saturated heterocycles. The molecular weight excluding hydrogens is 304 g/mol. The minimum absolute atomic E-state index is 0.0876. The molecule has 1 heterocycles. The van der Waals surface area contributed by atoms with Crippen LogP contribution in [0.5, 0.6) is 11.5 Å². The van der Waals surface area contributed by atoms with Gasteiger partial charge >= 0.3 is 0 Å². The summed E-state index contributed by atoms with van der Waals surface area (Å²) < 4.78 is 10.9. The molecule has 5 nitrogen and oxygen atoms in total. The Kier molecular flexibility index (Phi) is 4.98. The summed E-state index contributed by atoms with van der Waals surface area (Å²) >= 11 is 0. The minimum atomic E-state index is -0.604. The number of benzene rings is 1. The Bertz CT molecular complexity index is 628. The molecule has 0 bridgehead atoms. The van der Waals surface area contributed by atoms with Crippen LogP contribution in [0.4, 0.5) is 0 Å². The van der Waals surface area contributed by atoms with Gasteiger partial charge in [-0.2, -0.15) is 5.26 Å². The predicted octanol–water partition coefficient (Wildman–Crippen LogP) is 1.48. The lowest BCUT2D eigenvalue weighted by Crippen LogP contribution is -3.15. The molecule has 5 heteroatoms. The van der Waals surface area contributed by atoms with E-state index in [4.69, 9.17) is 9.47 Å². The van der Waals surface area contributed by atoms with Gasteiger partial charge < -0.3 is 19.5 Å². The van der Waals surface area contributed by atoms with Gasteiger partial charge in [0.25, 0.3) is 0 Å². The van der Waals surface area contributed by atoms with Gasteiger partial charge in [0, 0.05) is 18.4 Å². The Hall–Kier alpha value is -1.77. The van der Waals surface area contributed by atoms with Gasteiger partial charge in [-0.3, -0.25) is 0 Å². The zero-order valence-electron chi connectivity index (χ0n) is 14.5. The first-order chi connectivity index (χ1) is 11.6. The van der Waals surface area contributed by atoms with E-state index in [0.717, 1.165) is 55.7 Å². The molecule has 0 radical (unpaired) electrons. The summed E-state index contributed by atoms with van der Waals surface area (Å²) in [6, 6.07) is 8.29. The molecular formula is C19H27N2O3+. The smallest absolute Gasteiger partial charge is 0.165 e. The Morgan fingerprint density at radius 3 is 2.83 bits per heavy atom. The number of likely N-dealkylation sites (tertiary alicyclic amines) is 1. The van der Waals surface area contributed by atoms with Gasteiger partial charge in [-0.1, -0.05) is 12.8 Å². The van der Waals surface area contributed by atoms with E-state index in [1.54, 1.807) is 14.2 Å². The Morgan fingerprint density at radius 2 is 2.12 bits per heavy atom. The van der Waals surface area contributed by atoms with Crippen LogP contribution in [0.3, 0.4) is 0 Å². The van der Waals surface area contributed by atoms with Crippen molar-refractivity contribution in [1.29, 1.82) is 5.26 Å². The summed E-state index contributed by atoms with van der Waals surface area (Å²) in [5.74, 6) is 1.71. The van der Waals surface area contributed by atoms with Gasteiger partial charge in [0.05, 0.1) is 31.9 Å². The lowest BCUT2D eigenvalue weighted by atomic mass is 9.66. The summed E-state index contributed by atoms with van der Waals surface area (Å²) in [6.07, 6.45) is 4.89. The van der Waals surface area contributed by atoms with Crippen molar-refractivity contribution >= 4 is 0 Å². The first-order valence-electron chi connectivity index (χ1n) is 8.79. The second kappa shape index (κ2) is 7.00. The number of quaternary nitrogens is 1. The summed E-state index contributed by atoms with van der Waals surface area (Å²) in [5.41, 5.74) is 0.473. The molecule has 1 saturated carbocycles. The van der Waals surface area contributed by atoms with Crippen LogP contribution in [0.15, 0.2) is 18.2 Å². The number of hydrogen-bond donors (Lipinski definition) is 2.